The lowest BCUT2D eigenvalue weighted by atomic mass is 10.0. The van der Waals surface area contributed by atoms with Crippen LogP contribution in [0.1, 0.15) is 29.7 Å². The summed E-state index contributed by atoms with van der Waals surface area (Å²) in [4.78, 5) is 0. The van der Waals surface area contributed by atoms with Crippen LogP contribution < -0.4 is 5.32 Å². The molecule has 2 aromatic carbocycles. The highest BCUT2D eigenvalue weighted by Gasteiger charge is 2.17. The molecule has 2 unspecified atom stereocenters. The Bertz CT molecular complexity index is 697. The summed E-state index contributed by atoms with van der Waals surface area (Å²) in [6.45, 7) is 2.21. The number of hydrogen-bond acceptors (Lipinski definition) is 3. The average molecular weight is 302 g/mol. The van der Waals surface area contributed by atoms with Crippen LogP contribution in [0.25, 0.3) is 0 Å². The Balaban J connectivity index is 2.00. The molecule has 2 aromatic rings. The van der Waals surface area contributed by atoms with E-state index in [1.54, 1.807) is 25.1 Å². The predicted octanol–water partition coefficient (Wildman–Crippen LogP) is 3.05. The van der Waals surface area contributed by atoms with Crippen LogP contribution in [0, 0.1) is 23.0 Å². The third-order valence-corrected chi connectivity index (χ3v) is 3.44. The fraction of sp³-hybridized carbons (Fsp3) is 0.235. The summed E-state index contributed by atoms with van der Waals surface area (Å²) < 4.78 is 26.1. The van der Waals surface area contributed by atoms with Crippen LogP contribution in [0.4, 0.5) is 8.78 Å². The van der Waals surface area contributed by atoms with Gasteiger partial charge in [-0.3, -0.25) is 0 Å². The fourth-order valence-corrected chi connectivity index (χ4v) is 2.13. The molecule has 22 heavy (non-hydrogen) atoms. The first-order chi connectivity index (χ1) is 10.5. The first-order valence-electron chi connectivity index (χ1n) is 6.86. The number of aliphatic hydroxyl groups is 1. The van der Waals surface area contributed by atoms with Gasteiger partial charge in [0.25, 0.3) is 0 Å². The van der Waals surface area contributed by atoms with E-state index >= 15 is 0 Å². The molecule has 0 amide bonds. The van der Waals surface area contributed by atoms with Crippen molar-refractivity contribution in [3.05, 3.63) is 70.8 Å². The molecule has 0 saturated heterocycles. The van der Waals surface area contributed by atoms with Crippen molar-refractivity contribution < 1.29 is 13.9 Å². The molecule has 0 saturated carbocycles. The van der Waals surface area contributed by atoms with E-state index in [1.165, 1.54) is 6.07 Å². The number of nitrogens with zero attached hydrogens (tertiary/aromatic N) is 1. The van der Waals surface area contributed by atoms with Gasteiger partial charge in [0, 0.05) is 12.6 Å². The molecule has 0 spiro atoms. The zero-order valence-electron chi connectivity index (χ0n) is 12.1. The second-order valence-electron chi connectivity index (χ2n) is 5.10. The van der Waals surface area contributed by atoms with Gasteiger partial charge >= 0.3 is 0 Å². The first kappa shape index (κ1) is 16.1. The normalized spacial score (nSPS) is 13.4. The van der Waals surface area contributed by atoms with E-state index in [0.29, 0.717) is 17.7 Å². The zero-order chi connectivity index (χ0) is 16.1. The quantitative estimate of drug-likeness (QED) is 0.892. The Kier molecular flexibility index (Phi) is 5.21. The van der Waals surface area contributed by atoms with Gasteiger partial charge in [0.05, 0.1) is 17.7 Å². The van der Waals surface area contributed by atoms with Crippen molar-refractivity contribution in [1.82, 2.24) is 5.32 Å². The summed E-state index contributed by atoms with van der Waals surface area (Å²) in [6.07, 6.45) is -0.964. The highest BCUT2D eigenvalue weighted by atomic mass is 19.2. The van der Waals surface area contributed by atoms with E-state index in [2.05, 4.69) is 11.4 Å². The van der Waals surface area contributed by atoms with Crippen LogP contribution in [0.5, 0.6) is 0 Å². The molecule has 0 heterocycles. The van der Waals surface area contributed by atoms with E-state index in [1.807, 2.05) is 6.07 Å². The zero-order valence-corrected chi connectivity index (χ0v) is 12.1. The van der Waals surface area contributed by atoms with Crippen molar-refractivity contribution in [3.8, 4) is 6.07 Å². The number of benzene rings is 2. The number of halogens is 2. The summed E-state index contributed by atoms with van der Waals surface area (Å²) >= 11 is 0. The smallest absolute Gasteiger partial charge is 0.159 e. The van der Waals surface area contributed by atoms with Crippen molar-refractivity contribution in [1.29, 1.82) is 5.26 Å². The maximum Gasteiger partial charge on any atom is 0.159 e. The summed E-state index contributed by atoms with van der Waals surface area (Å²) in [5.74, 6) is -1.92. The SMILES string of the molecule is CC(NCc1cccc(C#N)c1)C(O)c1ccc(F)c(F)c1. The molecular formula is C17H16F2N2O. The lowest BCUT2D eigenvalue weighted by Gasteiger charge is -2.21. The summed E-state index contributed by atoms with van der Waals surface area (Å²) in [5.41, 5.74) is 1.78. The standard InChI is InChI=1S/C17H16F2N2O/c1-11(17(22)14-5-6-15(18)16(19)8-14)21-10-13-4-2-3-12(7-13)9-20/h2-8,11,17,21-22H,10H2,1H3. The molecular weight excluding hydrogens is 286 g/mol. The predicted molar refractivity (Wildman–Crippen MR) is 78.8 cm³/mol. The third-order valence-electron chi connectivity index (χ3n) is 3.44. The lowest BCUT2D eigenvalue weighted by molar-refractivity contribution is 0.135. The number of nitrogens with one attached hydrogen (secondary N) is 1. The molecule has 2 N–H and O–H groups in total. The molecule has 2 atom stereocenters. The summed E-state index contributed by atoms with van der Waals surface area (Å²) in [5, 5.41) is 22.1. The highest BCUT2D eigenvalue weighted by Crippen LogP contribution is 2.19. The van der Waals surface area contributed by atoms with Gasteiger partial charge < -0.3 is 10.4 Å². The number of rotatable bonds is 5. The Labute approximate surface area is 127 Å². The molecule has 2 rings (SSSR count). The number of aliphatic hydroxyl groups excluding tert-OH is 1. The molecule has 0 aliphatic rings. The Hall–Kier alpha value is -2.29. The second-order valence-corrected chi connectivity index (χ2v) is 5.10. The van der Waals surface area contributed by atoms with Gasteiger partial charge in [-0.1, -0.05) is 18.2 Å². The van der Waals surface area contributed by atoms with Crippen molar-refractivity contribution in [2.24, 2.45) is 0 Å². The van der Waals surface area contributed by atoms with Crippen LogP contribution in [0.3, 0.4) is 0 Å². The van der Waals surface area contributed by atoms with E-state index in [0.717, 1.165) is 17.7 Å². The maximum absolute atomic E-state index is 13.2. The van der Waals surface area contributed by atoms with Crippen molar-refractivity contribution in [2.75, 3.05) is 0 Å². The third kappa shape index (κ3) is 3.88. The van der Waals surface area contributed by atoms with Crippen molar-refractivity contribution in [2.45, 2.75) is 25.6 Å². The first-order valence-corrected chi connectivity index (χ1v) is 6.86. The van der Waals surface area contributed by atoms with Crippen LogP contribution in [0.2, 0.25) is 0 Å². The molecule has 0 fully saturated rings. The minimum atomic E-state index is -0.981. The Morgan fingerprint density at radius 3 is 2.64 bits per heavy atom. The van der Waals surface area contributed by atoms with Gasteiger partial charge in [0.2, 0.25) is 0 Å². The van der Waals surface area contributed by atoms with Crippen LogP contribution in [-0.2, 0) is 6.54 Å². The maximum atomic E-state index is 13.2. The molecule has 0 aliphatic carbocycles. The van der Waals surface area contributed by atoms with Gasteiger partial charge in [-0.15, -0.1) is 0 Å². The molecule has 0 bridgehead atoms. The van der Waals surface area contributed by atoms with Crippen LogP contribution in [-0.4, -0.2) is 11.1 Å². The van der Waals surface area contributed by atoms with E-state index < -0.39 is 17.7 Å². The Morgan fingerprint density at radius 2 is 1.95 bits per heavy atom. The van der Waals surface area contributed by atoms with Crippen molar-refractivity contribution >= 4 is 0 Å². The molecule has 0 aliphatic heterocycles. The molecule has 114 valence electrons. The van der Waals surface area contributed by atoms with Crippen molar-refractivity contribution in [3.63, 3.8) is 0 Å². The van der Waals surface area contributed by atoms with Gasteiger partial charge in [0.1, 0.15) is 0 Å². The number of nitriles is 1. The van der Waals surface area contributed by atoms with Gasteiger partial charge in [-0.05, 0) is 42.3 Å². The fourth-order valence-electron chi connectivity index (χ4n) is 2.13. The molecule has 0 radical (unpaired) electrons. The Morgan fingerprint density at radius 1 is 1.18 bits per heavy atom. The van der Waals surface area contributed by atoms with Crippen LogP contribution in [0.15, 0.2) is 42.5 Å². The largest absolute Gasteiger partial charge is 0.387 e. The van der Waals surface area contributed by atoms with E-state index in [9.17, 15) is 13.9 Å². The summed E-state index contributed by atoms with van der Waals surface area (Å²) in [7, 11) is 0. The minimum absolute atomic E-state index is 0.310. The second kappa shape index (κ2) is 7.12. The van der Waals surface area contributed by atoms with Gasteiger partial charge in [0.15, 0.2) is 11.6 Å². The monoisotopic (exact) mass is 302 g/mol. The van der Waals surface area contributed by atoms with Gasteiger partial charge in [-0.25, -0.2) is 8.78 Å². The van der Waals surface area contributed by atoms with Crippen LogP contribution >= 0.6 is 0 Å². The molecule has 5 heteroatoms. The summed E-state index contributed by atoms with van der Waals surface area (Å²) in [6, 6.07) is 12.2. The van der Waals surface area contributed by atoms with Gasteiger partial charge in [-0.2, -0.15) is 5.26 Å². The minimum Gasteiger partial charge on any atom is -0.387 e. The number of hydrogen-bond donors (Lipinski definition) is 2. The molecule has 0 aromatic heterocycles. The van der Waals surface area contributed by atoms with E-state index in [4.69, 9.17) is 5.26 Å². The van der Waals surface area contributed by atoms with E-state index in [-0.39, 0.29) is 6.04 Å². The highest BCUT2D eigenvalue weighted by molar-refractivity contribution is 5.32. The average Bonchev–Trinajstić information content (AvgIpc) is 2.54. The topological polar surface area (TPSA) is 56.0 Å². The molecule has 3 nitrogen and oxygen atoms in total. The lowest BCUT2D eigenvalue weighted by Crippen LogP contribution is -2.31.